The van der Waals surface area contributed by atoms with Crippen LogP contribution in [0.4, 0.5) is 0 Å². The third-order valence-corrected chi connectivity index (χ3v) is 2.03. The number of aliphatic hydroxyl groups is 1. The van der Waals surface area contributed by atoms with E-state index >= 15 is 0 Å². The van der Waals surface area contributed by atoms with Crippen molar-refractivity contribution in [3.63, 3.8) is 0 Å². The monoisotopic (exact) mass is 144 g/mol. The summed E-state index contributed by atoms with van der Waals surface area (Å²) in [5, 5.41) is 9.30. The van der Waals surface area contributed by atoms with Gasteiger partial charge in [-0.1, -0.05) is 0 Å². The Bertz CT molecular complexity index is 130. The van der Waals surface area contributed by atoms with E-state index in [2.05, 4.69) is 0 Å². The Morgan fingerprint density at radius 3 is 2.80 bits per heavy atom. The summed E-state index contributed by atoms with van der Waals surface area (Å²) in [5.41, 5.74) is 0. The number of epoxide rings is 1. The van der Waals surface area contributed by atoms with Crippen molar-refractivity contribution < 1.29 is 14.6 Å². The van der Waals surface area contributed by atoms with Gasteiger partial charge in [-0.05, 0) is 13.3 Å². The molecule has 0 aromatic heterocycles. The van der Waals surface area contributed by atoms with Crippen LogP contribution in [0, 0.1) is 0 Å². The number of ether oxygens (including phenoxy) is 2. The molecule has 1 spiro atoms. The van der Waals surface area contributed by atoms with Crippen LogP contribution in [0.1, 0.15) is 19.8 Å². The van der Waals surface area contributed by atoms with E-state index in [1.165, 1.54) is 0 Å². The molecule has 3 unspecified atom stereocenters. The molecular weight excluding hydrogens is 132 g/mol. The van der Waals surface area contributed by atoms with E-state index in [0.717, 1.165) is 6.42 Å². The SMILES string of the molecule is CC1CC(O)CC2(CO2)O1. The molecule has 0 amide bonds. The van der Waals surface area contributed by atoms with Gasteiger partial charge < -0.3 is 14.6 Å². The molecule has 0 bridgehead atoms. The minimum Gasteiger partial charge on any atom is -0.393 e. The van der Waals surface area contributed by atoms with Crippen molar-refractivity contribution in [1.29, 1.82) is 0 Å². The van der Waals surface area contributed by atoms with E-state index in [4.69, 9.17) is 9.47 Å². The molecule has 2 heterocycles. The molecule has 10 heavy (non-hydrogen) atoms. The van der Waals surface area contributed by atoms with Crippen molar-refractivity contribution in [2.75, 3.05) is 6.61 Å². The predicted molar refractivity (Wildman–Crippen MR) is 34.5 cm³/mol. The van der Waals surface area contributed by atoms with Gasteiger partial charge in [0, 0.05) is 6.42 Å². The third kappa shape index (κ3) is 1.05. The van der Waals surface area contributed by atoms with E-state index in [-0.39, 0.29) is 18.0 Å². The molecule has 1 N–H and O–H groups in total. The summed E-state index contributed by atoms with van der Waals surface area (Å²) in [5.74, 6) is -0.378. The first kappa shape index (κ1) is 6.58. The summed E-state index contributed by atoms with van der Waals surface area (Å²) >= 11 is 0. The molecule has 0 radical (unpaired) electrons. The first-order valence-electron chi connectivity index (χ1n) is 3.70. The van der Waals surface area contributed by atoms with Gasteiger partial charge in [0.2, 0.25) is 0 Å². The van der Waals surface area contributed by atoms with Crippen LogP contribution in [0.15, 0.2) is 0 Å². The lowest BCUT2D eigenvalue weighted by atomic mass is 10.0. The van der Waals surface area contributed by atoms with Crippen molar-refractivity contribution in [3.05, 3.63) is 0 Å². The number of hydrogen-bond donors (Lipinski definition) is 1. The fourth-order valence-electron chi connectivity index (χ4n) is 1.55. The summed E-state index contributed by atoms with van der Waals surface area (Å²) in [4.78, 5) is 0. The largest absolute Gasteiger partial charge is 0.393 e. The Morgan fingerprint density at radius 2 is 2.30 bits per heavy atom. The van der Waals surface area contributed by atoms with Gasteiger partial charge in [0.1, 0.15) is 6.61 Å². The Labute approximate surface area is 59.9 Å². The molecular formula is C7H12O3. The lowest BCUT2D eigenvalue weighted by Gasteiger charge is -2.28. The molecule has 0 aromatic rings. The maximum atomic E-state index is 9.30. The van der Waals surface area contributed by atoms with Gasteiger partial charge in [0.15, 0.2) is 5.79 Å². The highest BCUT2D eigenvalue weighted by Crippen LogP contribution is 2.39. The molecule has 58 valence electrons. The maximum absolute atomic E-state index is 9.30. The molecule has 0 aliphatic carbocycles. The molecule has 2 aliphatic heterocycles. The van der Waals surface area contributed by atoms with Crippen molar-refractivity contribution in [1.82, 2.24) is 0 Å². The number of rotatable bonds is 0. The van der Waals surface area contributed by atoms with Crippen molar-refractivity contribution in [3.8, 4) is 0 Å². The summed E-state index contributed by atoms with van der Waals surface area (Å²) in [6.07, 6.45) is 1.31. The van der Waals surface area contributed by atoms with Crippen LogP contribution in [0.5, 0.6) is 0 Å². The second-order valence-electron chi connectivity index (χ2n) is 3.22. The summed E-state index contributed by atoms with van der Waals surface area (Å²) in [6.45, 7) is 2.63. The maximum Gasteiger partial charge on any atom is 0.194 e. The van der Waals surface area contributed by atoms with Crippen LogP contribution in [0.2, 0.25) is 0 Å². The summed E-state index contributed by atoms with van der Waals surface area (Å²) < 4.78 is 10.6. The fraction of sp³-hybridized carbons (Fsp3) is 1.00. The quantitative estimate of drug-likeness (QED) is 0.496. The predicted octanol–water partition coefficient (Wildman–Crippen LogP) is 0.273. The van der Waals surface area contributed by atoms with E-state index in [1.807, 2.05) is 6.92 Å². The van der Waals surface area contributed by atoms with E-state index in [9.17, 15) is 5.11 Å². The second kappa shape index (κ2) is 1.94. The Morgan fingerprint density at radius 1 is 1.60 bits per heavy atom. The van der Waals surface area contributed by atoms with Crippen LogP contribution in [0.3, 0.4) is 0 Å². The molecule has 0 aromatic carbocycles. The molecule has 2 rings (SSSR count). The summed E-state index contributed by atoms with van der Waals surface area (Å²) in [7, 11) is 0. The van der Waals surface area contributed by atoms with Gasteiger partial charge >= 0.3 is 0 Å². The van der Waals surface area contributed by atoms with Crippen molar-refractivity contribution in [2.45, 2.75) is 37.8 Å². The first-order valence-corrected chi connectivity index (χ1v) is 3.70. The smallest absolute Gasteiger partial charge is 0.194 e. The van der Waals surface area contributed by atoms with Gasteiger partial charge in [-0.2, -0.15) is 0 Å². The lowest BCUT2D eigenvalue weighted by Crippen LogP contribution is -2.36. The standard InChI is InChI=1S/C7H12O3/c1-5-2-6(8)3-7(10-5)4-9-7/h5-6,8H,2-4H2,1H3. The average Bonchev–Trinajstić information content (AvgIpc) is 2.44. The summed E-state index contributed by atoms with van der Waals surface area (Å²) in [6, 6.07) is 0. The second-order valence-corrected chi connectivity index (χ2v) is 3.22. The highest BCUT2D eigenvalue weighted by atomic mass is 16.8. The van der Waals surface area contributed by atoms with E-state index in [1.54, 1.807) is 0 Å². The minimum absolute atomic E-state index is 0.145. The zero-order chi connectivity index (χ0) is 7.19. The molecule has 2 fully saturated rings. The van der Waals surface area contributed by atoms with E-state index < -0.39 is 0 Å². The zero-order valence-electron chi connectivity index (χ0n) is 6.04. The average molecular weight is 144 g/mol. The Hall–Kier alpha value is -0.120. The zero-order valence-corrected chi connectivity index (χ0v) is 6.04. The van der Waals surface area contributed by atoms with Gasteiger partial charge in [-0.3, -0.25) is 0 Å². The van der Waals surface area contributed by atoms with Crippen LogP contribution in [0.25, 0.3) is 0 Å². The van der Waals surface area contributed by atoms with Gasteiger partial charge in [0.25, 0.3) is 0 Å². The van der Waals surface area contributed by atoms with Crippen LogP contribution < -0.4 is 0 Å². The van der Waals surface area contributed by atoms with Crippen LogP contribution >= 0.6 is 0 Å². The molecule has 0 saturated carbocycles. The molecule has 3 atom stereocenters. The molecule has 3 heteroatoms. The fourth-order valence-corrected chi connectivity index (χ4v) is 1.55. The van der Waals surface area contributed by atoms with Gasteiger partial charge in [-0.25, -0.2) is 0 Å². The van der Waals surface area contributed by atoms with Crippen LogP contribution in [-0.4, -0.2) is 29.7 Å². The van der Waals surface area contributed by atoms with Crippen molar-refractivity contribution in [2.24, 2.45) is 0 Å². The van der Waals surface area contributed by atoms with Gasteiger partial charge in [0.05, 0.1) is 12.2 Å². The van der Waals surface area contributed by atoms with E-state index in [0.29, 0.717) is 13.0 Å². The minimum atomic E-state index is -0.378. The Balaban J connectivity index is 2.00. The van der Waals surface area contributed by atoms with Crippen LogP contribution in [-0.2, 0) is 9.47 Å². The third-order valence-electron chi connectivity index (χ3n) is 2.03. The number of hydrogen-bond acceptors (Lipinski definition) is 3. The van der Waals surface area contributed by atoms with Gasteiger partial charge in [-0.15, -0.1) is 0 Å². The highest BCUT2D eigenvalue weighted by Gasteiger charge is 2.51. The van der Waals surface area contributed by atoms with Crippen molar-refractivity contribution >= 4 is 0 Å². The molecule has 2 aliphatic rings. The topological polar surface area (TPSA) is 42.0 Å². The molecule has 2 saturated heterocycles. The normalized spacial score (nSPS) is 53.4. The molecule has 3 nitrogen and oxygen atoms in total. The number of aliphatic hydroxyl groups excluding tert-OH is 1. The first-order chi connectivity index (χ1) is 4.70. The highest BCUT2D eigenvalue weighted by molar-refractivity contribution is 4.90. The lowest BCUT2D eigenvalue weighted by molar-refractivity contribution is -0.149. The Kier molecular flexibility index (Phi) is 1.27.